The van der Waals surface area contributed by atoms with Crippen molar-refractivity contribution in [3.63, 3.8) is 0 Å². The maximum absolute atomic E-state index is 14.1. The summed E-state index contributed by atoms with van der Waals surface area (Å²) in [7, 11) is 0. The molecule has 19 nitrogen and oxygen atoms in total. The van der Waals surface area contributed by atoms with Gasteiger partial charge in [-0.1, -0.05) is 15.9 Å². The molecule has 4 heterocycles. The Hall–Kier alpha value is -3.19. The van der Waals surface area contributed by atoms with E-state index in [0.717, 1.165) is 27.7 Å². The number of carbonyl (C=O) groups is 6. The molecule has 0 aromatic rings. The second-order valence-electron chi connectivity index (χ2n) is 14.1. The molecule has 4 aliphatic rings. The van der Waals surface area contributed by atoms with Crippen LogP contribution in [-0.2, 0) is 85.6 Å². The zero-order valence-electron chi connectivity index (χ0n) is 31.7. The number of amides is 1. The molecule has 0 unspecified atom stereocenters. The van der Waals surface area contributed by atoms with Crippen molar-refractivity contribution in [3.05, 3.63) is 0 Å². The largest absolute Gasteiger partial charge is 0.471 e. The number of esters is 5. The van der Waals surface area contributed by atoms with Gasteiger partial charge in [0.1, 0.15) is 49.8 Å². The normalized spacial score (nSPS) is 32.8. The monoisotopic (exact) mass is 879 g/mol. The lowest BCUT2D eigenvalue weighted by Crippen LogP contribution is -2.70. The van der Waals surface area contributed by atoms with Crippen molar-refractivity contribution in [2.75, 3.05) is 25.2 Å². The number of nitrogens with one attached hydrogen (secondary N) is 1. The molecule has 1 N–H and O–H groups in total. The molecule has 23 heteroatoms. The molecule has 0 aliphatic carbocycles. The number of hydrogen-bond donors (Lipinski definition) is 1. The minimum Gasteiger partial charge on any atom is -0.462 e. The van der Waals surface area contributed by atoms with Gasteiger partial charge in [0.15, 0.2) is 30.1 Å². The molecule has 4 fully saturated rings. The van der Waals surface area contributed by atoms with Crippen LogP contribution in [0.2, 0.25) is 0 Å². The summed E-state index contributed by atoms with van der Waals surface area (Å²) in [6.07, 6.45) is -19.3. The van der Waals surface area contributed by atoms with E-state index >= 15 is 0 Å². The molecule has 318 valence electrons. The second kappa shape index (κ2) is 17.7. The van der Waals surface area contributed by atoms with Crippen LogP contribution in [0.25, 0.3) is 0 Å². The zero-order valence-corrected chi connectivity index (χ0v) is 33.3. The predicted octanol–water partition coefficient (Wildman–Crippen LogP) is 1.23. The van der Waals surface area contributed by atoms with Crippen LogP contribution in [0, 0.1) is 0 Å². The van der Waals surface area contributed by atoms with Crippen LogP contribution in [0.1, 0.15) is 61.8 Å². The smallest absolute Gasteiger partial charge is 0.462 e. The van der Waals surface area contributed by atoms with Crippen LogP contribution in [0.15, 0.2) is 0 Å². The van der Waals surface area contributed by atoms with Gasteiger partial charge in [0.05, 0.1) is 19.1 Å². The van der Waals surface area contributed by atoms with Gasteiger partial charge in [-0.05, 0) is 27.7 Å². The fraction of sp³-hybridized carbons (Fsp3) is 0.818. The third-order valence-corrected chi connectivity index (χ3v) is 8.86. The molecule has 4 aliphatic heterocycles. The van der Waals surface area contributed by atoms with E-state index in [-0.39, 0.29) is 11.9 Å². The van der Waals surface area contributed by atoms with Crippen LogP contribution < -0.4 is 5.32 Å². The van der Waals surface area contributed by atoms with Gasteiger partial charge in [0.25, 0.3) is 5.79 Å². The van der Waals surface area contributed by atoms with E-state index < -0.39 is 140 Å². The molecule has 11 atom stereocenters. The number of carbonyl (C=O) groups excluding carboxylic acids is 6. The van der Waals surface area contributed by atoms with E-state index in [4.69, 9.17) is 56.8 Å². The molecule has 0 bridgehead atoms. The quantitative estimate of drug-likeness (QED) is 0.147. The average Bonchev–Trinajstić information content (AvgIpc) is 3.56. The molecule has 0 spiro atoms. The Kier molecular flexibility index (Phi) is 14.4. The van der Waals surface area contributed by atoms with E-state index in [9.17, 15) is 41.9 Å². The first kappa shape index (κ1) is 45.5. The fourth-order valence-corrected chi connectivity index (χ4v) is 6.84. The predicted molar refractivity (Wildman–Crippen MR) is 177 cm³/mol. The summed E-state index contributed by atoms with van der Waals surface area (Å²) in [6.45, 7) is 8.40. The second-order valence-corrected chi connectivity index (χ2v) is 14.8. The van der Waals surface area contributed by atoms with Crippen LogP contribution in [0.4, 0.5) is 13.2 Å². The lowest BCUT2D eigenvalue weighted by atomic mass is 9.87. The number of fused-ring (bicyclic) bond motifs is 3. The van der Waals surface area contributed by atoms with Crippen molar-refractivity contribution in [1.29, 1.82) is 0 Å². The SMILES string of the molecule is CC(=O)OC[C@@H](OC(C)=O)[C@@H](OC(C)=O)[C@@H]1O[C@](OC[C@H]2O[C@@H]3OC(C)(C)O[C@@H]3[C@H]3OC(C)(C)O[C@H]32)(C(=O)OCCBr)C[C@H](OC(C)=O)[C@H]1NC(=O)C(F)(F)F. The summed E-state index contributed by atoms with van der Waals surface area (Å²) in [6, 6.07) is -2.12. The summed E-state index contributed by atoms with van der Waals surface area (Å²) < 4.78 is 111. The highest BCUT2D eigenvalue weighted by Gasteiger charge is 2.64. The van der Waals surface area contributed by atoms with Gasteiger partial charge >= 0.3 is 41.9 Å². The summed E-state index contributed by atoms with van der Waals surface area (Å²) in [5.41, 5.74) is 0. The maximum atomic E-state index is 14.1. The lowest BCUT2D eigenvalue weighted by molar-refractivity contribution is -0.328. The highest BCUT2D eigenvalue weighted by molar-refractivity contribution is 9.09. The first-order valence-electron chi connectivity index (χ1n) is 17.3. The Bertz CT molecular complexity index is 1500. The summed E-state index contributed by atoms with van der Waals surface area (Å²) in [5, 5.41) is 1.75. The standard InChI is InChI=1S/C33H45BrF3NO18/c1-14(39)46-12-19(49-16(3)41)22(50-17(4)42)24-21(38-28(43)33(35,36)37)18(48-15(2)40)11-32(55-24,29(44)45-10-9-34)47-13-20-23-25(53-30(5,6)52-23)26-27(51-20)56-31(7,8)54-26/h18-27H,9-13H2,1-8H3,(H,38,43)/t18-,19+,20+,21+,22+,23-,24+,25-,26+,27+,32-/m0/s1. The zero-order chi connectivity index (χ0) is 42.0. The lowest BCUT2D eigenvalue weighted by Gasteiger charge is -2.49. The molecule has 0 aromatic heterocycles. The molecule has 56 heavy (non-hydrogen) atoms. The topological polar surface area (TPSA) is 225 Å². The first-order chi connectivity index (χ1) is 25.9. The number of hydrogen-bond acceptors (Lipinski definition) is 18. The Labute approximate surface area is 327 Å². The highest BCUT2D eigenvalue weighted by Crippen LogP contribution is 2.45. The van der Waals surface area contributed by atoms with Gasteiger partial charge < -0.3 is 62.2 Å². The molecule has 0 saturated carbocycles. The average molecular weight is 881 g/mol. The Morgan fingerprint density at radius 2 is 1.41 bits per heavy atom. The van der Waals surface area contributed by atoms with Gasteiger partial charge in [-0.2, -0.15) is 13.2 Å². The van der Waals surface area contributed by atoms with E-state index in [1.54, 1.807) is 33.0 Å². The van der Waals surface area contributed by atoms with Crippen molar-refractivity contribution in [2.45, 2.75) is 147 Å². The summed E-state index contributed by atoms with van der Waals surface area (Å²) in [5.74, 6) is -13.1. The van der Waals surface area contributed by atoms with E-state index in [1.807, 2.05) is 0 Å². The molecular formula is C33H45BrF3NO18. The molecule has 1 amide bonds. The van der Waals surface area contributed by atoms with E-state index in [2.05, 4.69) is 15.9 Å². The van der Waals surface area contributed by atoms with Crippen molar-refractivity contribution >= 4 is 51.7 Å². The fourth-order valence-electron chi connectivity index (χ4n) is 6.68. The van der Waals surface area contributed by atoms with Crippen molar-refractivity contribution < 1.29 is 98.8 Å². The van der Waals surface area contributed by atoms with Gasteiger partial charge in [-0.15, -0.1) is 0 Å². The van der Waals surface area contributed by atoms with Crippen molar-refractivity contribution in [1.82, 2.24) is 5.32 Å². The van der Waals surface area contributed by atoms with Gasteiger partial charge in [0, 0.05) is 33.0 Å². The Balaban J connectivity index is 1.85. The Morgan fingerprint density at radius 3 is 1.98 bits per heavy atom. The number of halogens is 4. The molecule has 0 radical (unpaired) electrons. The van der Waals surface area contributed by atoms with Gasteiger partial charge in [-0.25, -0.2) is 4.79 Å². The summed E-state index contributed by atoms with van der Waals surface area (Å²) >= 11 is 3.12. The van der Waals surface area contributed by atoms with Gasteiger partial charge in [0.2, 0.25) is 0 Å². The minimum atomic E-state index is -5.53. The third kappa shape index (κ3) is 11.3. The van der Waals surface area contributed by atoms with E-state index in [0.29, 0.717) is 0 Å². The van der Waals surface area contributed by atoms with Crippen LogP contribution in [-0.4, -0.2) is 146 Å². The van der Waals surface area contributed by atoms with Crippen molar-refractivity contribution in [3.8, 4) is 0 Å². The third-order valence-electron chi connectivity index (χ3n) is 8.54. The minimum absolute atomic E-state index is 0.0782. The van der Waals surface area contributed by atoms with Crippen molar-refractivity contribution in [2.24, 2.45) is 0 Å². The number of ether oxygens (including phenoxy) is 12. The first-order valence-corrected chi connectivity index (χ1v) is 18.4. The van der Waals surface area contributed by atoms with Crippen LogP contribution in [0.5, 0.6) is 0 Å². The van der Waals surface area contributed by atoms with Crippen LogP contribution >= 0.6 is 15.9 Å². The number of rotatable bonds is 14. The van der Waals surface area contributed by atoms with Crippen LogP contribution in [0.3, 0.4) is 0 Å². The highest BCUT2D eigenvalue weighted by atomic mass is 79.9. The molecule has 4 rings (SSSR count). The maximum Gasteiger partial charge on any atom is 0.471 e. The van der Waals surface area contributed by atoms with E-state index in [1.165, 1.54) is 0 Å². The van der Waals surface area contributed by atoms with Gasteiger partial charge in [-0.3, -0.25) is 24.0 Å². The summed E-state index contributed by atoms with van der Waals surface area (Å²) in [4.78, 5) is 75.8. The Morgan fingerprint density at radius 1 is 0.804 bits per heavy atom. The molecular weight excluding hydrogens is 835 g/mol. The number of alkyl halides is 4. The molecule has 4 saturated heterocycles. The molecule has 0 aromatic carbocycles.